The van der Waals surface area contributed by atoms with Crippen LogP contribution in [0.3, 0.4) is 0 Å². The average molecular weight is 372 g/mol. The first-order valence-corrected chi connectivity index (χ1v) is 8.97. The molecule has 2 rings (SSSR count). The number of nitrogens with zero attached hydrogens (tertiary/aromatic N) is 1. The van der Waals surface area contributed by atoms with E-state index in [9.17, 15) is 14.0 Å². The van der Waals surface area contributed by atoms with Gasteiger partial charge in [0.2, 0.25) is 11.8 Å². The van der Waals surface area contributed by atoms with Crippen molar-refractivity contribution in [2.75, 3.05) is 13.2 Å². The van der Waals surface area contributed by atoms with Crippen molar-refractivity contribution in [3.05, 3.63) is 71.5 Å². The van der Waals surface area contributed by atoms with Crippen LogP contribution in [0.25, 0.3) is 0 Å². The maximum Gasteiger partial charge on any atom is 0.242 e. The highest BCUT2D eigenvalue weighted by atomic mass is 19.1. The van der Waals surface area contributed by atoms with Gasteiger partial charge in [-0.1, -0.05) is 42.5 Å². The minimum atomic E-state index is -0.704. The summed E-state index contributed by atoms with van der Waals surface area (Å²) >= 11 is 0. The maximum atomic E-state index is 13.1. The number of rotatable bonds is 9. The molecule has 0 spiro atoms. The molecule has 144 valence electrons. The summed E-state index contributed by atoms with van der Waals surface area (Å²) < 4.78 is 13.1. The number of aryl methyl sites for hydroxylation is 1. The number of hydrogen-bond acceptors (Lipinski definition) is 3. The highest BCUT2D eigenvalue weighted by Crippen LogP contribution is 2.13. The zero-order valence-electron chi connectivity index (χ0n) is 15.4. The van der Waals surface area contributed by atoms with Crippen LogP contribution in [0.5, 0.6) is 0 Å². The number of aliphatic hydroxyl groups is 1. The second-order valence-corrected chi connectivity index (χ2v) is 6.32. The lowest BCUT2D eigenvalue weighted by molar-refractivity contribution is -0.140. The van der Waals surface area contributed by atoms with Gasteiger partial charge in [-0.2, -0.15) is 0 Å². The summed E-state index contributed by atoms with van der Waals surface area (Å²) in [6, 6.07) is 14.8. The van der Waals surface area contributed by atoms with Crippen LogP contribution in [-0.4, -0.2) is 41.0 Å². The molecular weight excluding hydrogens is 347 g/mol. The van der Waals surface area contributed by atoms with Crippen molar-refractivity contribution in [3.63, 3.8) is 0 Å². The van der Waals surface area contributed by atoms with Crippen LogP contribution in [-0.2, 0) is 22.6 Å². The van der Waals surface area contributed by atoms with Gasteiger partial charge in [0.15, 0.2) is 0 Å². The second-order valence-electron chi connectivity index (χ2n) is 6.32. The maximum absolute atomic E-state index is 13.1. The Kier molecular flexibility index (Phi) is 7.95. The third-order valence-corrected chi connectivity index (χ3v) is 4.31. The van der Waals surface area contributed by atoms with Gasteiger partial charge >= 0.3 is 0 Å². The van der Waals surface area contributed by atoms with Crippen LogP contribution in [0.15, 0.2) is 54.6 Å². The minimum absolute atomic E-state index is 0.131. The molecule has 0 heterocycles. The molecule has 6 heteroatoms. The summed E-state index contributed by atoms with van der Waals surface area (Å²) in [7, 11) is 0. The smallest absolute Gasteiger partial charge is 0.242 e. The Balaban J connectivity index is 2.10. The Bertz CT molecular complexity index is 735. The van der Waals surface area contributed by atoms with E-state index in [2.05, 4.69) is 5.32 Å². The largest absolute Gasteiger partial charge is 0.395 e. The van der Waals surface area contributed by atoms with Gasteiger partial charge in [-0.15, -0.1) is 0 Å². The molecule has 27 heavy (non-hydrogen) atoms. The first-order chi connectivity index (χ1) is 13.0. The van der Waals surface area contributed by atoms with E-state index >= 15 is 0 Å². The van der Waals surface area contributed by atoms with Gasteiger partial charge in [0.05, 0.1) is 6.61 Å². The Hall–Kier alpha value is -2.73. The molecule has 0 aliphatic carbocycles. The molecule has 2 aromatic rings. The molecule has 0 unspecified atom stereocenters. The van der Waals surface area contributed by atoms with Crippen molar-refractivity contribution in [2.45, 2.75) is 32.4 Å². The topological polar surface area (TPSA) is 69.6 Å². The fourth-order valence-electron chi connectivity index (χ4n) is 2.74. The molecule has 1 atom stereocenters. The van der Waals surface area contributed by atoms with E-state index in [0.29, 0.717) is 6.42 Å². The number of carbonyl (C=O) groups excluding carboxylic acids is 2. The Morgan fingerprint density at radius 3 is 2.37 bits per heavy atom. The Morgan fingerprint density at radius 2 is 1.74 bits per heavy atom. The molecule has 0 aliphatic rings. The monoisotopic (exact) mass is 372 g/mol. The van der Waals surface area contributed by atoms with Crippen LogP contribution in [0.4, 0.5) is 4.39 Å². The molecule has 0 fully saturated rings. The van der Waals surface area contributed by atoms with Crippen molar-refractivity contribution in [1.82, 2.24) is 10.2 Å². The van der Waals surface area contributed by atoms with Crippen molar-refractivity contribution >= 4 is 11.8 Å². The molecule has 2 amide bonds. The highest BCUT2D eigenvalue weighted by molar-refractivity contribution is 5.87. The van der Waals surface area contributed by atoms with Crippen LogP contribution in [0, 0.1) is 5.82 Å². The van der Waals surface area contributed by atoms with Crippen molar-refractivity contribution in [3.8, 4) is 0 Å². The first kappa shape index (κ1) is 20.6. The molecule has 0 aliphatic heterocycles. The van der Waals surface area contributed by atoms with E-state index in [-0.39, 0.29) is 43.7 Å². The number of halogens is 1. The fourth-order valence-corrected chi connectivity index (χ4v) is 2.74. The Morgan fingerprint density at radius 1 is 1.07 bits per heavy atom. The number of benzene rings is 2. The van der Waals surface area contributed by atoms with Gasteiger partial charge in [-0.05, 0) is 36.6 Å². The molecule has 0 radical (unpaired) electrons. The fraction of sp³-hybridized carbons (Fsp3) is 0.333. The lowest BCUT2D eigenvalue weighted by Gasteiger charge is -2.29. The van der Waals surface area contributed by atoms with Gasteiger partial charge in [0.25, 0.3) is 0 Å². The predicted octanol–water partition coefficient (Wildman–Crippen LogP) is 2.28. The summed E-state index contributed by atoms with van der Waals surface area (Å²) in [6.07, 6.45) is 0.841. The number of aliphatic hydroxyl groups excluding tert-OH is 1. The van der Waals surface area contributed by atoms with Crippen LogP contribution < -0.4 is 5.32 Å². The van der Waals surface area contributed by atoms with E-state index in [4.69, 9.17) is 5.11 Å². The van der Waals surface area contributed by atoms with Gasteiger partial charge in [-0.3, -0.25) is 9.59 Å². The lowest BCUT2D eigenvalue weighted by Crippen LogP contribution is -2.48. The normalized spacial score (nSPS) is 11.7. The zero-order chi connectivity index (χ0) is 19.6. The molecule has 2 aromatic carbocycles. The number of amides is 2. The lowest BCUT2D eigenvalue weighted by atomic mass is 10.1. The third kappa shape index (κ3) is 6.49. The zero-order valence-corrected chi connectivity index (χ0v) is 15.4. The molecular formula is C21H25FN2O3. The van der Waals surface area contributed by atoms with E-state index in [1.54, 1.807) is 19.1 Å². The molecule has 0 saturated heterocycles. The summed E-state index contributed by atoms with van der Waals surface area (Å²) in [5.74, 6) is -0.844. The number of hydrogen-bond donors (Lipinski definition) is 2. The standard InChI is InChI=1S/C21H25FN2O3/c1-16(21(27)23-13-14-25)24(15-18-7-10-19(22)11-8-18)20(26)12-9-17-5-3-2-4-6-17/h2-8,10-11,16,25H,9,12-15H2,1H3,(H,23,27)/t16-/m1/s1. The molecule has 2 N–H and O–H groups in total. The molecule has 0 aromatic heterocycles. The highest BCUT2D eigenvalue weighted by Gasteiger charge is 2.25. The molecule has 0 saturated carbocycles. The first-order valence-electron chi connectivity index (χ1n) is 8.97. The quantitative estimate of drug-likeness (QED) is 0.710. The number of nitrogens with one attached hydrogen (secondary N) is 1. The molecule has 0 bridgehead atoms. The molecule has 5 nitrogen and oxygen atoms in total. The van der Waals surface area contributed by atoms with E-state index in [1.165, 1.54) is 17.0 Å². The van der Waals surface area contributed by atoms with Gasteiger partial charge in [0, 0.05) is 19.5 Å². The second kappa shape index (κ2) is 10.4. The summed E-state index contributed by atoms with van der Waals surface area (Å²) in [5.41, 5.74) is 1.79. The minimum Gasteiger partial charge on any atom is -0.395 e. The van der Waals surface area contributed by atoms with Gasteiger partial charge in [0.1, 0.15) is 11.9 Å². The van der Waals surface area contributed by atoms with Crippen molar-refractivity contribution in [2.24, 2.45) is 0 Å². The number of carbonyl (C=O) groups is 2. The van der Waals surface area contributed by atoms with Crippen molar-refractivity contribution in [1.29, 1.82) is 0 Å². The Labute approximate surface area is 158 Å². The average Bonchev–Trinajstić information content (AvgIpc) is 2.70. The third-order valence-electron chi connectivity index (χ3n) is 4.31. The predicted molar refractivity (Wildman–Crippen MR) is 101 cm³/mol. The van der Waals surface area contributed by atoms with Gasteiger partial charge < -0.3 is 15.3 Å². The van der Waals surface area contributed by atoms with E-state index in [1.807, 2.05) is 30.3 Å². The van der Waals surface area contributed by atoms with Crippen LogP contribution in [0.2, 0.25) is 0 Å². The SMILES string of the molecule is C[C@H](C(=O)NCCO)N(Cc1ccc(F)cc1)C(=O)CCc1ccccc1. The van der Waals surface area contributed by atoms with Crippen molar-refractivity contribution < 1.29 is 19.1 Å². The van der Waals surface area contributed by atoms with Crippen LogP contribution >= 0.6 is 0 Å². The summed E-state index contributed by atoms with van der Waals surface area (Å²) in [4.78, 5) is 26.6. The summed E-state index contributed by atoms with van der Waals surface area (Å²) in [6.45, 7) is 1.82. The summed E-state index contributed by atoms with van der Waals surface area (Å²) in [5, 5.41) is 11.5. The van der Waals surface area contributed by atoms with Gasteiger partial charge in [-0.25, -0.2) is 4.39 Å². The van der Waals surface area contributed by atoms with Crippen LogP contribution in [0.1, 0.15) is 24.5 Å². The van der Waals surface area contributed by atoms with E-state index < -0.39 is 6.04 Å². The van der Waals surface area contributed by atoms with E-state index in [0.717, 1.165) is 11.1 Å².